The van der Waals surface area contributed by atoms with Gasteiger partial charge in [0.1, 0.15) is 11.7 Å². The molecule has 1 unspecified atom stereocenters. The smallest absolute Gasteiger partial charge is 0.338 e. The highest BCUT2D eigenvalue weighted by Crippen LogP contribution is 2.36. The molecule has 28 heavy (non-hydrogen) atoms. The average Bonchev–Trinajstić information content (AvgIpc) is 3.07. The Morgan fingerprint density at radius 2 is 1.93 bits per heavy atom. The molecule has 2 heterocycles. The molecule has 1 aromatic heterocycles. The Morgan fingerprint density at radius 1 is 1.25 bits per heavy atom. The SMILES string of the molecule is CCOC(=O)C1=C(C)N(C(C)=O)C(c2csc(C)n2)=NC1c1ccc(Cl)cc1. The number of benzene rings is 1. The van der Waals surface area contributed by atoms with E-state index < -0.39 is 12.0 Å². The molecule has 1 aromatic carbocycles. The van der Waals surface area contributed by atoms with E-state index in [2.05, 4.69) is 4.98 Å². The first kappa shape index (κ1) is 20.2. The number of amides is 1. The van der Waals surface area contributed by atoms with Gasteiger partial charge in [-0.1, -0.05) is 23.7 Å². The van der Waals surface area contributed by atoms with Crippen LogP contribution in [0.4, 0.5) is 0 Å². The van der Waals surface area contributed by atoms with Crippen LogP contribution in [-0.4, -0.2) is 34.2 Å². The van der Waals surface area contributed by atoms with Gasteiger partial charge in [0.15, 0.2) is 5.84 Å². The van der Waals surface area contributed by atoms with Crippen LogP contribution in [0, 0.1) is 6.92 Å². The van der Waals surface area contributed by atoms with E-state index >= 15 is 0 Å². The number of ether oxygens (including phenoxy) is 1. The third-order valence-electron chi connectivity index (χ3n) is 4.31. The number of thiazole rings is 1. The number of carbonyl (C=O) groups is 2. The maximum absolute atomic E-state index is 12.7. The number of amidine groups is 1. The second-order valence-corrected chi connectivity index (χ2v) is 7.73. The van der Waals surface area contributed by atoms with Gasteiger partial charge in [-0.15, -0.1) is 11.3 Å². The maximum Gasteiger partial charge on any atom is 0.338 e. The van der Waals surface area contributed by atoms with Crippen molar-refractivity contribution >= 4 is 40.6 Å². The van der Waals surface area contributed by atoms with Crippen molar-refractivity contribution in [3.63, 3.8) is 0 Å². The summed E-state index contributed by atoms with van der Waals surface area (Å²) in [5, 5.41) is 3.30. The van der Waals surface area contributed by atoms with Crippen molar-refractivity contribution < 1.29 is 14.3 Å². The summed E-state index contributed by atoms with van der Waals surface area (Å²) < 4.78 is 5.26. The van der Waals surface area contributed by atoms with E-state index in [-0.39, 0.29) is 12.5 Å². The minimum absolute atomic E-state index is 0.227. The number of hydrogen-bond donors (Lipinski definition) is 0. The average molecular weight is 418 g/mol. The number of aliphatic imine (C=N–C) groups is 1. The standard InChI is InChI=1S/C20H20ClN3O3S/c1-5-27-20(26)17-11(2)24(13(4)25)19(16-10-28-12(3)22-16)23-18(17)14-6-8-15(21)9-7-14/h6-10,18H,5H2,1-4H3. The van der Waals surface area contributed by atoms with Gasteiger partial charge in [-0.25, -0.2) is 9.78 Å². The van der Waals surface area contributed by atoms with E-state index in [9.17, 15) is 9.59 Å². The Labute approximate surface area is 172 Å². The van der Waals surface area contributed by atoms with Crippen molar-refractivity contribution in [1.82, 2.24) is 9.88 Å². The molecule has 0 fully saturated rings. The fourth-order valence-electron chi connectivity index (χ4n) is 3.11. The molecule has 0 spiro atoms. The lowest BCUT2D eigenvalue weighted by atomic mass is 9.95. The number of carbonyl (C=O) groups excluding carboxylic acids is 2. The van der Waals surface area contributed by atoms with Gasteiger partial charge in [0, 0.05) is 23.0 Å². The third-order valence-corrected chi connectivity index (χ3v) is 5.33. The summed E-state index contributed by atoms with van der Waals surface area (Å²) in [4.78, 5) is 35.9. The van der Waals surface area contributed by atoms with Gasteiger partial charge in [-0.2, -0.15) is 0 Å². The Hall–Kier alpha value is -2.51. The van der Waals surface area contributed by atoms with Crippen LogP contribution in [0.5, 0.6) is 0 Å². The van der Waals surface area contributed by atoms with Gasteiger partial charge < -0.3 is 4.74 Å². The Balaban J connectivity index is 2.21. The van der Waals surface area contributed by atoms with E-state index in [1.807, 2.05) is 24.4 Å². The molecule has 0 saturated heterocycles. The zero-order chi connectivity index (χ0) is 20.4. The van der Waals surface area contributed by atoms with Crippen LogP contribution >= 0.6 is 22.9 Å². The molecule has 1 atom stereocenters. The van der Waals surface area contributed by atoms with E-state index in [0.29, 0.717) is 27.8 Å². The maximum atomic E-state index is 12.7. The first-order valence-electron chi connectivity index (χ1n) is 8.77. The van der Waals surface area contributed by atoms with Crippen molar-refractivity contribution in [3.05, 3.63) is 62.2 Å². The number of hydrogen-bond acceptors (Lipinski definition) is 6. The number of halogens is 1. The number of aryl methyl sites for hydroxylation is 1. The number of rotatable bonds is 4. The highest BCUT2D eigenvalue weighted by molar-refractivity contribution is 7.09. The summed E-state index contributed by atoms with van der Waals surface area (Å²) >= 11 is 7.49. The number of allylic oxidation sites excluding steroid dienone is 1. The monoisotopic (exact) mass is 417 g/mol. The number of esters is 1. The Morgan fingerprint density at radius 3 is 2.46 bits per heavy atom. The molecular formula is C20H20ClN3O3S. The fraction of sp³-hybridized carbons (Fsp3) is 0.300. The van der Waals surface area contributed by atoms with Crippen LogP contribution in [0.25, 0.3) is 0 Å². The zero-order valence-electron chi connectivity index (χ0n) is 16.0. The molecule has 0 radical (unpaired) electrons. The quantitative estimate of drug-likeness (QED) is 0.695. The molecule has 6 nitrogen and oxygen atoms in total. The largest absolute Gasteiger partial charge is 0.463 e. The Bertz CT molecular complexity index is 979. The lowest BCUT2D eigenvalue weighted by Crippen LogP contribution is -2.40. The number of aromatic nitrogens is 1. The van der Waals surface area contributed by atoms with Crippen LogP contribution in [-0.2, 0) is 14.3 Å². The molecule has 1 aliphatic heterocycles. The minimum atomic E-state index is -0.621. The fourth-order valence-corrected chi connectivity index (χ4v) is 3.83. The molecule has 2 aromatic rings. The van der Waals surface area contributed by atoms with E-state index in [1.54, 1.807) is 26.0 Å². The Kier molecular flexibility index (Phi) is 5.96. The van der Waals surface area contributed by atoms with Crippen molar-refractivity contribution in [1.29, 1.82) is 0 Å². The topological polar surface area (TPSA) is 71.9 Å². The normalized spacial score (nSPS) is 16.8. The first-order chi connectivity index (χ1) is 13.3. The second kappa shape index (κ2) is 8.24. The summed E-state index contributed by atoms with van der Waals surface area (Å²) in [6, 6.07) is 6.50. The molecule has 1 aliphatic rings. The van der Waals surface area contributed by atoms with E-state index in [4.69, 9.17) is 21.3 Å². The van der Waals surface area contributed by atoms with Crippen LogP contribution < -0.4 is 0 Å². The lowest BCUT2D eigenvalue weighted by molar-refractivity contribution is -0.139. The van der Waals surface area contributed by atoms with Crippen molar-refractivity contribution in [2.75, 3.05) is 6.61 Å². The van der Waals surface area contributed by atoms with Crippen LogP contribution in [0.1, 0.15) is 43.1 Å². The van der Waals surface area contributed by atoms with Gasteiger partial charge in [0.2, 0.25) is 5.91 Å². The molecule has 146 valence electrons. The number of nitrogens with zero attached hydrogens (tertiary/aromatic N) is 3. The van der Waals surface area contributed by atoms with Crippen molar-refractivity contribution in [2.45, 2.75) is 33.7 Å². The van der Waals surface area contributed by atoms with Gasteiger partial charge in [0.25, 0.3) is 0 Å². The summed E-state index contributed by atoms with van der Waals surface area (Å²) in [7, 11) is 0. The predicted octanol–water partition coefficient (Wildman–Crippen LogP) is 4.29. The summed E-state index contributed by atoms with van der Waals surface area (Å²) in [6.07, 6.45) is 0. The zero-order valence-corrected chi connectivity index (χ0v) is 17.6. The van der Waals surface area contributed by atoms with E-state index in [1.165, 1.54) is 23.2 Å². The third kappa shape index (κ3) is 3.86. The second-order valence-electron chi connectivity index (χ2n) is 6.23. The predicted molar refractivity (Wildman–Crippen MR) is 109 cm³/mol. The van der Waals surface area contributed by atoms with Crippen LogP contribution in [0.15, 0.2) is 45.9 Å². The van der Waals surface area contributed by atoms with Gasteiger partial charge in [0.05, 0.1) is 17.2 Å². The lowest BCUT2D eigenvalue weighted by Gasteiger charge is -2.32. The van der Waals surface area contributed by atoms with Gasteiger partial charge in [-0.05, 0) is 38.5 Å². The molecule has 8 heteroatoms. The molecule has 3 rings (SSSR count). The first-order valence-corrected chi connectivity index (χ1v) is 10.0. The van der Waals surface area contributed by atoms with Crippen molar-refractivity contribution in [2.24, 2.45) is 4.99 Å². The molecular weight excluding hydrogens is 398 g/mol. The molecule has 0 bridgehead atoms. The summed E-state index contributed by atoms with van der Waals surface area (Å²) in [6.45, 7) is 7.02. The highest BCUT2D eigenvalue weighted by Gasteiger charge is 2.36. The minimum Gasteiger partial charge on any atom is -0.463 e. The molecule has 0 aliphatic carbocycles. The van der Waals surface area contributed by atoms with E-state index in [0.717, 1.165) is 10.6 Å². The highest BCUT2D eigenvalue weighted by atomic mass is 35.5. The molecule has 0 saturated carbocycles. The van der Waals surface area contributed by atoms with Crippen LogP contribution in [0.3, 0.4) is 0 Å². The van der Waals surface area contributed by atoms with Gasteiger partial charge in [-0.3, -0.25) is 14.7 Å². The molecule has 0 N–H and O–H groups in total. The van der Waals surface area contributed by atoms with Gasteiger partial charge >= 0.3 is 5.97 Å². The van der Waals surface area contributed by atoms with Crippen molar-refractivity contribution in [3.8, 4) is 0 Å². The summed E-state index contributed by atoms with van der Waals surface area (Å²) in [5.74, 6) is -0.330. The summed E-state index contributed by atoms with van der Waals surface area (Å²) in [5.41, 5.74) is 2.19. The molecule has 1 amide bonds. The van der Waals surface area contributed by atoms with Crippen LogP contribution in [0.2, 0.25) is 5.02 Å².